The summed E-state index contributed by atoms with van der Waals surface area (Å²) in [6.07, 6.45) is 0.870. The van der Waals surface area contributed by atoms with Gasteiger partial charge in [-0.2, -0.15) is 0 Å². The molecule has 0 saturated heterocycles. The zero-order valence-electron chi connectivity index (χ0n) is 9.43. The first-order valence-corrected chi connectivity index (χ1v) is 6.71. The number of esters is 1. The third-order valence-corrected chi connectivity index (χ3v) is 2.95. The van der Waals surface area contributed by atoms with Crippen molar-refractivity contribution in [2.75, 3.05) is 6.26 Å². The molecule has 4 nitrogen and oxygen atoms in total. The molecule has 0 aliphatic rings. The van der Waals surface area contributed by atoms with Crippen molar-refractivity contribution in [2.24, 2.45) is 0 Å². The number of benzene rings is 1. The second-order valence-corrected chi connectivity index (χ2v) is 5.77. The first-order valence-electron chi connectivity index (χ1n) is 4.82. The van der Waals surface area contributed by atoms with Crippen LogP contribution >= 0.6 is 0 Å². The summed E-state index contributed by atoms with van der Waals surface area (Å²) >= 11 is 0. The Bertz CT molecular complexity index is 488. The summed E-state index contributed by atoms with van der Waals surface area (Å²) in [6.45, 7) is 3.47. The maximum atomic E-state index is 11.5. The molecule has 5 heteroatoms. The minimum atomic E-state index is -3.30. The van der Waals surface area contributed by atoms with Crippen LogP contribution in [0.4, 0.5) is 0 Å². The third-order valence-electron chi connectivity index (χ3n) is 1.84. The normalized spacial score (nSPS) is 11.5. The zero-order valence-corrected chi connectivity index (χ0v) is 10.2. The van der Waals surface area contributed by atoms with Crippen LogP contribution in [0, 0.1) is 0 Å². The van der Waals surface area contributed by atoms with E-state index in [4.69, 9.17) is 4.74 Å². The first-order chi connectivity index (χ1) is 7.30. The molecular weight excluding hydrogens is 228 g/mol. The van der Waals surface area contributed by atoms with E-state index in [2.05, 4.69) is 0 Å². The highest BCUT2D eigenvalue weighted by molar-refractivity contribution is 7.90. The van der Waals surface area contributed by atoms with Crippen molar-refractivity contribution in [1.29, 1.82) is 0 Å². The number of sulfone groups is 1. The summed E-state index contributed by atoms with van der Waals surface area (Å²) < 4.78 is 27.5. The molecule has 0 fully saturated rings. The molecule has 16 heavy (non-hydrogen) atoms. The molecule has 0 amide bonds. The van der Waals surface area contributed by atoms with E-state index in [-0.39, 0.29) is 16.6 Å². The molecule has 0 aliphatic heterocycles. The van der Waals surface area contributed by atoms with Crippen LogP contribution in [0.3, 0.4) is 0 Å². The molecule has 1 rings (SSSR count). The number of hydrogen-bond donors (Lipinski definition) is 0. The Morgan fingerprint density at radius 1 is 1.31 bits per heavy atom. The number of rotatable bonds is 3. The van der Waals surface area contributed by atoms with E-state index in [9.17, 15) is 13.2 Å². The van der Waals surface area contributed by atoms with Gasteiger partial charge in [-0.15, -0.1) is 0 Å². The van der Waals surface area contributed by atoms with Gasteiger partial charge in [-0.25, -0.2) is 13.2 Å². The Labute approximate surface area is 95.2 Å². The summed E-state index contributed by atoms with van der Waals surface area (Å²) in [4.78, 5) is 11.6. The molecule has 0 aromatic heterocycles. The van der Waals surface area contributed by atoms with Gasteiger partial charge in [0.25, 0.3) is 0 Å². The first kappa shape index (κ1) is 12.7. The molecule has 0 N–H and O–H groups in total. The standard InChI is InChI=1S/C11H14O4S/c1-8(2)15-11(12)9-5-4-6-10(7-9)16(3,13)14/h4-8H,1-3H3. The lowest BCUT2D eigenvalue weighted by atomic mass is 10.2. The molecule has 0 aliphatic carbocycles. The van der Waals surface area contributed by atoms with Crippen molar-refractivity contribution in [3.63, 3.8) is 0 Å². The van der Waals surface area contributed by atoms with Gasteiger partial charge in [0.05, 0.1) is 16.6 Å². The molecule has 0 heterocycles. The van der Waals surface area contributed by atoms with Gasteiger partial charge in [0.2, 0.25) is 0 Å². The van der Waals surface area contributed by atoms with E-state index >= 15 is 0 Å². The van der Waals surface area contributed by atoms with Gasteiger partial charge in [0, 0.05) is 6.26 Å². The van der Waals surface area contributed by atoms with Crippen LogP contribution in [-0.2, 0) is 14.6 Å². The fourth-order valence-electron chi connectivity index (χ4n) is 1.14. The fraction of sp³-hybridized carbons (Fsp3) is 0.364. The van der Waals surface area contributed by atoms with Crippen molar-refractivity contribution in [3.8, 4) is 0 Å². The molecule has 0 saturated carbocycles. The van der Waals surface area contributed by atoms with Crippen molar-refractivity contribution in [3.05, 3.63) is 29.8 Å². The van der Waals surface area contributed by atoms with E-state index in [1.54, 1.807) is 13.8 Å². The summed E-state index contributed by atoms with van der Waals surface area (Å²) in [5, 5.41) is 0. The Hall–Kier alpha value is -1.36. The monoisotopic (exact) mass is 242 g/mol. The average molecular weight is 242 g/mol. The second kappa shape index (κ2) is 4.65. The van der Waals surface area contributed by atoms with Gasteiger partial charge in [0.1, 0.15) is 0 Å². The number of carbonyl (C=O) groups excluding carboxylic acids is 1. The topological polar surface area (TPSA) is 60.4 Å². The Morgan fingerprint density at radius 3 is 2.44 bits per heavy atom. The van der Waals surface area contributed by atoms with E-state index in [0.717, 1.165) is 6.26 Å². The average Bonchev–Trinajstić information content (AvgIpc) is 2.15. The molecule has 1 aromatic carbocycles. The molecule has 88 valence electrons. The van der Waals surface area contributed by atoms with Crippen LogP contribution in [0.1, 0.15) is 24.2 Å². The molecule has 0 radical (unpaired) electrons. The van der Waals surface area contributed by atoms with Crippen LogP contribution in [0.2, 0.25) is 0 Å². The highest BCUT2D eigenvalue weighted by atomic mass is 32.2. The van der Waals surface area contributed by atoms with Crippen molar-refractivity contribution < 1.29 is 17.9 Å². The molecule has 1 aromatic rings. The number of ether oxygens (including phenoxy) is 1. The summed E-state index contributed by atoms with van der Waals surface area (Å²) in [5.41, 5.74) is 0.247. The van der Waals surface area contributed by atoms with Gasteiger partial charge in [-0.3, -0.25) is 0 Å². The summed E-state index contributed by atoms with van der Waals surface area (Å²) in [7, 11) is -3.30. The van der Waals surface area contributed by atoms with Gasteiger partial charge < -0.3 is 4.74 Å². The van der Waals surface area contributed by atoms with Gasteiger partial charge in [-0.05, 0) is 32.0 Å². The largest absolute Gasteiger partial charge is 0.459 e. The molecule has 0 bridgehead atoms. The van der Waals surface area contributed by atoms with Crippen LogP contribution in [-0.4, -0.2) is 26.7 Å². The number of hydrogen-bond acceptors (Lipinski definition) is 4. The quantitative estimate of drug-likeness (QED) is 0.756. The van der Waals surface area contributed by atoms with E-state index in [1.807, 2.05) is 0 Å². The number of carbonyl (C=O) groups is 1. The summed E-state index contributed by atoms with van der Waals surface area (Å²) in [5.74, 6) is -0.513. The van der Waals surface area contributed by atoms with Crippen LogP contribution in [0.5, 0.6) is 0 Å². The molecule has 0 unspecified atom stereocenters. The van der Waals surface area contributed by atoms with Crippen LogP contribution in [0.25, 0.3) is 0 Å². The molecular formula is C11H14O4S. The summed E-state index contributed by atoms with van der Waals surface area (Å²) in [6, 6.07) is 5.81. The minimum Gasteiger partial charge on any atom is -0.459 e. The molecule has 0 spiro atoms. The third kappa shape index (κ3) is 3.34. The molecule has 0 atom stereocenters. The predicted molar refractivity (Wildman–Crippen MR) is 60.1 cm³/mol. The van der Waals surface area contributed by atoms with E-state index in [0.29, 0.717) is 0 Å². The highest BCUT2D eigenvalue weighted by Gasteiger charge is 2.13. The van der Waals surface area contributed by atoms with Crippen molar-refractivity contribution >= 4 is 15.8 Å². The van der Waals surface area contributed by atoms with Crippen LogP contribution < -0.4 is 0 Å². The van der Waals surface area contributed by atoms with Gasteiger partial charge in [-0.1, -0.05) is 6.07 Å². The Balaban J connectivity index is 3.04. The van der Waals surface area contributed by atoms with Gasteiger partial charge in [0.15, 0.2) is 9.84 Å². The maximum Gasteiger partial charge on any atom is 0.338 e. The maximum absolute atomic E-state index is 11.5. The lowest BCUT2D eigenvalue weighted by molar-refractivity contribution is 0.0377. The van der Waals surface area contributed by atoms with E-state index < -0.39 is 15.8 Å². The lowest BCUT2D eigenvalue weighted by Crippen LogP contribution is -2.12. The minimum absolute atomic E-state index is 0.116. The van der Waals surface area contributed by atoms with Crippen molar-refractivity contribution in [2.45, 2.75) is 24.8 Å². The van der Waals surface area contributed by atoms with E-state index in [1.165, 1.54) is 24.3 Å². The zero-order chi connectivity index (χ0) is 12.3. The fourth-order valence-corrected chi connectivity index (χ4v) is 1.80. The van der Waals surface area contributed by atoms with Crippen molar-refractivity contribution in [1.82, 2.24) is 0 Å². The van der Waals surface area contributed by atoms with Crippen LogP contribution in [0.15, 0.2) is 29.2 Å². The Morgan fingerprint density at radius 2 is 1.94 bits per heavy atom. The predicted octanol–water partition coefficient (Wildman–Crippen LogP) is 1.66. The smallest absolute Gasteiger partial charge is 0.338 e. The van der Waals surface area contributed by atoms with Gasteiger partial charge >= 0.3 is 5.97 Å². The highest BCUT2D eigenvalue weighted by Crippen LogP contribution is 2.12. The Kier molecular flexibility index (Phi) is 3.70. The SMILES string of the molecule is CC(C)OC(=O)c1cccc(S(C)(=O)=O)c1. The lowest BCUT2D eigenvalue weighted by Gasteiger charge is -2.08. The second-order valence-electron chi connectivity index (χ2n) is 3.75.